The van der Waals surface area contributed by atoms with Crippen LogP contribution in [0.5, 0.6) is 0 Å². The van der Waals surface area contributed by atoms with Gasteiger partial charge in [-0.3, -0.25) is 9.47 Å². The van der Waals surface area contributed by atoms with Gasteiger partial charge in [-0.15, -0.1) is 39.5 Å². The van der Waals surface area contributed by atoms with Crippen LogP contribution in [-0.2, 0) is 33.8 Å². The van der Waals surface area contributed by atoms with Gasteiger partial charge in [0.1, 0.15) is 6.61 Å². The molecule has 0 aromatic heterocycles. The fourth-order valence-corrected chi connectivity index (χ4v) is 1.30. The summed E-state index contributed by atoms with van der Waals surface area (Å²) in [6.07, 6.45) is -31.4. The first-order valence-corrected chi connectivity index (χ1v) is 6.82. The van der Waals surface area contributed by atoms with Gasteiger partial charge in [-0.25, -0.2) is 14.4 Å². The lowest BCUT2D eigenvalue weighted by Crippen LogP contribution is -2.57. The second-order valence-electron chi connectivity index (χ2n) is 5.14. The number of halogens is 15. The summed E-state index contributed by atoms with van der Waals surface area (Å²) >= 11 is 0. The van der Waals surface area contributed by atoms with E-state index in [1.165, 1.54) is 0 Å². The maximum Gasteiger partial charge on any atom is 0.527 e. The summed E-state index contributed by atoms with van der Waals surface area (Å²) in [4.78, 5) is 6.73. The third kappa shape index (κ3) is 10.5. The molecule has 0 amide bonds. The third-order valence-electron chi connectivity index (χ3n) is 2.52. The Kier molecular flexibility index (Phi) is 9.47. The highest BCUT2D eigenvalue weighted by Gasteiger charge is 2.69. The van der Waals surface area contributed by atoms with Gasteiger partial charge in [0, 0.05) is 0 Å². The first-order chi connectivity index (χ1) is 13.8. The van der Waals surface area contributed by atoms with Crippen LogP contribution in [0.2, 0.25) is 0 Å². The Balaban J connectivity index is 5.17. The molecule has 0 aliphatic rings. The molecule has 194 valence electrons. The van der Waals surface area contributed by atoms with E-state index in [0.29, 0.717) is 0 Å². The molecule has 32 heavy (non-hydrogen) atoms. The van der Waals surface area contributed by atoms with Crippen molar-refractivity contribution in [3.63, 3.8) is 0 Å². The molecule has 0 N–H and O–H groups in total. The van der Waals surface area contributed by atoms with Crippen molar-refractivity contribution in [3.05, 3.63) is 0 Å². The average molecular weight is 524 g/mol. The summed E-state index contributed by atoms with van der Waals surface area (Å²) in [6.45, 7) is -4.98. The van der Waals surface area contributed by atoms with Crippen molar-refractivity contribution < 1.29 is 99.6 Å². The van der Waals surface area contributed by atoms with Crippen LogP contribution in [0.3, 0.4) is 0 Å². The van der Waals surface area contributed by atoms with Crippen molar-refractivity contribution in [1.29, 1.82) is 0 Å². The molecule has 0 spiro atoms. The standard InChI is InChI=1S/C10H7F15O7/c1-4(5(11,12)13,29-8(17,18)19)2-27-32-28-3-26-7(6(14,15)16,30-9(20,21)22)31-10(23,24)25/h2-3H2,1H3. The minimum absolute atomic E-state index is 0.247. The normalized spacial score (nSPS) is 16.9. The summed E-state index contributed by atoms with van der Waals surface area (Å²) in [6, 6.07) is 0. The molecule has 1 unspecified atom stereocenters. The molecule has 0 aliphatic heterocycles. The van der Waals surface area contributed by atoms with Crippen LogP contribution >= 0.6 is 0 Å². The van der Waals surface area contributed by atoms with Gasteiger partial charge < -0.3 is 0 Å². The molecule has 0 aromatic carbocycles. The van der Waals surface area contributed by atoms with Crippen molar-refractivity contribution >= 4 is 0 Å². The van der Waals surface area contributed by atoms with E-state index in [1.807, 2.05) is 0 Å². The van der Waals surface area contributed by atoms with E-state index in [1.54, 1.807) is 0 Å². The lowest BCUT2D eigenvalue weighted by molar-refractivity contribution is -0.614. The molecule has 0 radical (unpaired) electrons. The Labute approximate surface area is 164 Å². The molecular weight excluding hydrogens is 517 g/mol. The molecule has 0 saturated carbocycles. The maximum atomic E-state index is 12.7. The maximum absolute atomic E-state index is 12.7. The van der Waals surface area contributed by atoms with E-state index in [0.717, 1.165) is 0 Å². The Morgan fingerprint density at radius 3 is 1.25 bits per heavy atom. The monoisotopic (exact) mass is 524 g/mol. The first kappa shape index (κ1) is 30.7. The van der Waals surface area contributed by atoms with Gasteiger partial charge in [0.05, 0.1) is 0 Å². The van der Waals surface area contributed by atoms with Gasteiger partial charge in [0.25, 0.3) is 0 Å². The Morgan fingerprint density at radius 2 is 0.938 bits per heavy atom. The number of hydrogen-bond acceptors (Lipinski definition) is 7. The lowest BCUT2D eigenvalue weighted by atomic mass is 10.1. The molecule has 0 heterocycles. The highest BCUT2D eigenvalue weighted by molar-refractivity contribution is 4.84. The molecule has 7 nitrogen and oxygen atoms in total. The van der Waals surface area contributed by atoms with E-state index in [2.05, 4.69) is 33.8 Å². The predicted molar refractivity (Wildman–Crippen MR) is 58.7 cm³/mol. The first-order valence-electron chi connectivity index (χ1n) is 6.82. The number of hydrogen-bond donors (Lipinski definition) is 0. The van der Waals surface area contributed by atoms with Gasteiger partial charge in [0.15, 0.2) is 12.4 Å². The average Bonchev–Trinajstić information content (AvgIpc) is 2.43. The minimum Gasteiger partial charge on any atom is -0.290 e. The second-order valence-corrected chi connectivity index (χ2v) is 5.14. The molecule has 0 fully saturated rings. The Bertz CT molecular complexity index is 562. The lowest BCUT2D eigenvalue weighted by Gasteiger charge is -2.34. The molecule has 22 heteroatoms. The van der Waals surface area contributed by atoms with Crippen molar-refractivity contribution in [2.45, 2.75) is 49.9 Å². The fraction of sp³-hybridized carbons (Fsp3) is 1.00. The van der Waals surface area contributed by atoms with Crippen LogP contribution < -0.4 is 0 Å². The second kappa shape index (κ2) is 9.89. The zero-order valence-corrected chi connectivity index (χ0v) is 14.4. The minimum atomic E-state index is -6.74. The van der Waals surface area contributed by atoms with Gasteiger partial charge in [-0.2, -0.15) is 31.2 Å². The summed E-state index contributed by atoms with van der Waals surface area (Å²) in [5, 5.41) is 3.19. The quantitative estimate of drug-likeness (QED) is 0.131. The number of alkyl halides is 15. The summed E-state index contributed by atoms with van der Waals surface area (Å²) < 4.78 is 195. The van der Waals surface area contributed by atoms with Crippen molar-refractivity contribution in [1.82, 2.24) is 0 Å². The van der Waals surface area contributed by atoms with E-state index in [4.69, 9.17) is 0 Å². The Hall–Kier alpha value is -1.33. The molecule has 0 aromatic rings. The highest BCUT2D eigenvalue weighted by Crippen LogP contribution is 2.44. The van der Waals surface area contributed by atoms with Gasteiger partial charge >= 0.3 is 37.4 Å². The molecule has 0 aliphatic carbocycles. The van der Waals surface area contributed by atoms with Crippen molar-refractivity contribution in [3.8, 4) is 0 Å². The molecule has 0 saturated heterocycles. The van der Waals surface area contributed by atoms with E-state index in [-0.39, 0.29) is 6.92 Å². The van der Waals surface area contributed by atoms with E-state index < -0.39 is 56.4 Å². The fourth-order valence-electron chi connectivity index (χ4n) is 1.30. The number of rotatable bonds is 10. The van der Waals surface area contributed by atoms with E-state index >= 15 is 0 Å². The molecule has 0 bridgehead atoms. The SMILES string of the molecule is CC(COOOCOC(OC(F)(F)F)(OC(F)(F)F)C(F)(F)F)(OC(F)(F)F)C(F)(F)F. The van der Waals surface area contributed by atoms with Gasteiger partial charge in [-0.1, -0.05) is 5.04 Å². The highest BCUT2D eigenvalue weighted by atomic mass is 19.4. The van der Waals surface area contributed by atoms with Gasteiger partial charge in [0.2, 0.25) is 0 Å². The summed E-state index contributed by atoms with van der Waals surface area (Å²) in [5.41, 5.74) is -4.20. The van der Waals surface area contributed by atoms with Gasteiger partial charge in [-0.05, 0) is 6.92 Å². The summed E-state index contributed by atoms with van der Waals surface area (Å²) in [7, 11) is 0. The zero-order valence-electron chi connectivity index (χ0n) is 14.4. The summed E-state index contributed by atoms with van der Waals surface area (Å²) in [5.74, 6) is -5.95. The van der Waals surface area contributed by atoms with Crippen LogP contribution in [0, 0.1) is 0 Å². The van der Waals surface area contributed by atoms with Crippen LogP contribution in [0.4, 0.5) is 65.9 Å². The van der Waals surface area contributed by atoms with Crippen molar-refractivity contribution in [2.75, 3.05) is 13.4 Å². The van der Waals surface area contributed by atoms with Crippen molar-refractivity contribution in [2.24, 2.45) is 0 Å². The third-order valence-corrected chi connectivity index (χ3v) is 2.52. The zero-order chi connectivity index (χ0) is 25.9. The van der Waals surface area contributed by atoms with E-state index in [9.17, 15) is 65.9 Å². The number of ether oxygens (including phenoxy) is 4. The van der Waals surface area contributed by atoms with Crippen LogP contribution in [0.1, 0.15) is 6.92 Å². The molecule has 0 rings (SSSR count). The molecule has 1 atom stereocenters. The smallest absolute Gasteiger partial charge is 0.290 e. The molecular formula is C10H7F15O7. The van der Waals surface area contributed by atoms with Crippen LogP contribution in [-0.4, -0.2) is 56.4 Å². The van der Waals surface area contributed by atoms with Crippen LogP contribution in [0.15, 0.2) is 0 Å². The van der Waals surface area contributed by atoms with Crippen LogP contribution in [0.25, 0.3) is 0 Å². The Morgan fingerprint density at radius 1 is 0.531 bits per heavy atom. The topological polar surface area (TPSA) is 64.6 Å². The largest absolute Gasteiger partial charge is 0.527 e. The predicted octanol–water partition coefficient (Wildman–Crippen LogP) is 4.99.